The van der Waals surface area contributed by atoms with E-state index in [2.05, 4.69) is 15.9 Å². The van der Waals surface area contributed by atoms with Crippen molar-refractivity contribution in [2.75, 3.05) is 0 Å². The SMILES string of the molecule is CC(C)Oc1cccc(C(=O)c2ccoc2Br)c1. The van der Waals surface area contributed by atoms with Crippen LogP contribution in [0, 0.1) is 0 Å². The van der Waals surface area contributed by atoms with Crippen molar-refractivity contribution in [1.29, 1.82) is 0 Å². The molecule has 2 rings (SSSR count). The third kappa shape index (κ3) is 2.82. The number of furan rings is 1. The molecular weight excluding hydrogens is 296 g/mol. The highest BCUT2D eigenvalue weighted by molar-refractivity contribution is 9.10. The molecule has 0 aliphatic rings. The highest BCUT2D eigenvalue weighted by Crippen LogP contribution is 2.23. The van der Waals surface area contributed by atoms with E-state index in [1.54, 1.807) is 24.3 Å². The first-order valence-electron chi connectivity index (χ1n) is 5.62. The van der Waals surface area contributed by atoms with E-state index in [0.717, 1.165) is 0 Å². The van der Waals surface area contributed by atoms with Crippen LogP contribution in [0.2, 0.25) is 0 Å². The van der Waals surface area contributed by atoms with Crippen LogP contribution in [0.3, 0.4) is 0 Å². The van der Waals surface area contributed by atoms with Crippen molar-refractivity contribution in [2.24, 2.45) is 0 Å². The second-order valence-corrected chi connectivity index (χ2v) is 4.85. The molecule has 0 bridgehead atoms. The monoisotopic (exact) mass is 308 g/mol. The lowest BCUT2D eigenvalue weighted by Gasteiger charge is -2.10. The number of carbonyl (C=O) groups is 1. The molecule has 0 aliphatic carbocycles. The van der Waals surface area contributed by atoms with Crippen molar-refractivity contribution in [3.8, 4) is 5.75 Å². The second kappa shape index (κ2) is 5.40. The zero-order valence-electron chi connectivity index (χ0n) is 10.1. The molecule has 0 saturated carbocycles. The van der Waals surface area contributed by atoms with Gasteiger partial charge in [-0.3, -0.25) is 4.79 Å². The number of ether oxygens (including phenoxy) is 1. The quantitative estimate of drug-likeness (QED) is 0.800. The maximum Gasteiger partial charge on any atom is 0.197 e. The van der Waals surface area contributed by atoms with Crippen molar-refractivity contribution in [3.63, 3.8) is 0 Å². The molecule has 0 aliphatic heterocycles. The molecule has 94 valence electrons. The summed E-state index contributed by atoms with van der Waals surface area (Å²) in [7, 11) is 0. The fourth-order valence-electron chi connectivity index (χ4n) is 1.59. The summed E-state index contributed by atoms with van der Waals surface area (Å²) in [5.74, 6) is 0.597. The molecule has 2 aromatic rings. The van der Waals surface area contributed by atoms with Crippen LogP contribution >= 0.6 is 15.9 Å². The molecule has 0 N–H and O–H groups in total. The Hall–Kier alpha value is -1.55. The summed E-state index contributed by atoms with van der Waals surface area (Å²) in [6.07, 6.45) is 1.56. The number of ketones is 1. The minimum atomic E-state index is -0.0927. The van der Waals surface area contributed by atoms with Crippen molar-refractivity contribution in [2.45, 2.75) is 20.0 Å². The van der Waals surface area contributed by atoms with E-state index in [9.17, 15) is 4.79 Å². The van der Waals surface area contributed by atoms with Gasteiger partial charge in [-0.05, 0) is 48.0 Å². The fourth-order valence-corrected chi connectivity index (χ4v) is 2.01. The van der Waals surface area contributed by atoms with Crippen LogP contribution in [-0.4, -0.2) is 11.9 Å². The van der Waals surface area contributed by atoms with Crippen LogP contribution in [0.15, 0.2) is 45.7 Å². The summed E-state index contributed by atoms with van der Waals surface area (Å²) >= 11 is 3.20. The Bertz CT molecular complexity index is 558. The topological polar surface area (TPSA) is 39.4 Å². The first-order valence-corrected chi connectivity index (χ1v) is 6.41. The van der Waals surface area contributed by atoms with Gasteiger partial charge in [0.1, 0.15) is 5.75 Å². The molecule has 0 fully saturated rings. The average Bonchev–Trinajstić information content (AvgIpc) is 2.74. The van der Waals surface area contributed by atoms with Crippen LogP contribution in [0.4, 0.5) is 0 Å². The van der Waals surface area contributed by atoms with Crippen molar-refractivity contribution in [1.82, 2.24) is 0 Å². The van der Waals surface area contributed by atoms with Gasteiger partial charge < -0.3 is 9.15 Å². The lowest BCUT2D eigenvalue weighted by atomic mass is 10.1. The van der Waals surface area contributed by atoms with Crippen LogP contribution < -0.4 is 4.74 Å². The lowest BCUT2D eigenvalue weighted by molar-refractivity contribution is 0.103. The molecule has 1 aromatic heterocycles. The minimum Gasteiger partial charge on any atom is -0.491 e. The number of benzene rings is 1. The number of halogens is 1. The van der Waals surface area contributed by atoms with E-state index in [4.69, 9.17) is 9.15 Å². The minimum absolute atomic E-state index is 0.0796. The Morgan fingerprint density at radius 2 is 2.11 bits per heavy atom. The third-order valence-corrected chi connectivity index (χ3v) is 2.94. The van der Waals surface area contributed by atoms with E-state index in [0.29, 0.717) is 21.5 Å². The van der Waals surface area contributed by atoms with Gasteiger partial charge in [-0.2, -0.15) is 0 Å². The predicted molar refractivity (Wildman–Crippen MR) is 72.0 cm³/mol. The zero-order chi connectivity index (χ0) is 13.1. The molecule has 1 aromatic carbocycles. The Balaban J connectivity index is 2.29. The van der Waals surface area contributed by atoms with Gasteiger partial charge in [-0.25, -0.2) is 0 Å². The summed E-state index contributed by atoms with van der Waals surface area (Å²) < 4.78 is 11.1. The number of rotatable bonds is 4. The lowest BCUT2D eigenvalue weighted by Crippen LogP contribution is -2.07. The Morgan fingerprint density at radius 1 is 1.33 bits per heavy atom. The van der Waals surface area contributed by atoms with E-state index in [-0.39, 0.29) is 11.9 Å². The Kier molecular flexibility index (Phi) is 3.87. The summed E-state index contributed by atoms with van der Waals surface area (Å²) in [5.41, 5.74) is 1.09. The molecule has 18 heavy (non-hydrogen) atoms. The van der Waals surface area contributed by atoms with E-state index >= 15 is 0 Å². The van der Waals surface area contributed by atoms with Gasteiger partial charge >= 0.3 is 0 Å². The van der Waals surface area contributed by atoms with Gasteiger partial charge in [0.15, 0.2) is 10.5 Å². The smallest absolute Gasteiger partial charge is 0.197 e. The maximum atomic E-state index is 12.2. The van der Waals surface area contributed by atoms with E-state index < -0.39 is 0 Å². The standard InChI is InChI=1S/C14H13BrO3/c1-9(2)18-11-5-3-4-10(8-11)13(16)12-6-7-17-14(12)15/h3-9H,1-2H3. The number of hydrogen-bond acceptors (Lipinski definition) is 3. The van der Waals surface area contributed by atoms with Crippen LogP contribution in [0.25, 0.3) is 0 Å². The van der Waals surface area contributed by atoms with Crippen LogP contribution in [-0.2, 0) is 0 Å². The summed E-state index contributed by atoms with van der Waals surface area (Å²) in [4.78, 5) is 12.2. The molecule has 4 heteroatoms. The van der Waals surface area contributed by atoms with Gasteiger partial charge in [-0.1, -0.05) is 12.1 Å². The van der Waals surface area contributed by atoms with Crippen LogP contribution in [0.1, 0.15) is 29.8 Å². The highest BCUT2D eigenvalue weighted by Gasteiger charge is 2.15. The Labute approximate surface area is 114 Å². The molecular formula is C14H13BrO3. The third-order valence-electron chi connectivity index (χ3n) is 2.33. The maximum absolute atomic E-state index is 12.2. The average molecular weight is 309 g/mol. The second-order valence-electron chi connectivity index (χ2n) is 4.13. The first kappa shape index (κ1) is 12.9. The molecule has 0 spiro atoms. The zero-order valence-corrected chi connectivity index (χ0v) is 11.7. The fraction of sp³-hybridized carbons (Fsp3) is 0.214. The van der Waals surface area contributed by atoms with Gasteiger partial charge in [0.05, 0.1) is 17.9 Å². The van der Waals surface area contributed by atoms with Gasteiger partial charge in [0.25, 0.3) is 0 Å². The van der Waals surface area contributed by atoms with Gasteiger partial charge in [0.2, 0.25) is 0 Å². The van der Waals surface area contributed by atoms with E-state index in [1.807, 2.05) is 19.9 Å². The molecule has 0 atom stereocenters. The molecule has 0 unspecified atom stereocenters. The van der Waals surface area contributed by atoms with Crippen molar-refractivity contribution >= 4 is 21.7 Å². The highest BCUT2D eigenvalue weighted by atomic mass is 79.9. The number of carbonyl (C=O) groups excluding carboxylic acids is 1. The molecule has 3 nitrogen and oxygen atoms in total. The van der Waals surface area contributed by atoms with Crippen LogP contribution in [0.5, 0.6) is 5.75 Å². The Morgan fingerprint density at radius 3 is 2.72 bits per heavy atom. The first-order chi connectivity index (χ1) is 8.58. The van der Waals surface area contributed by atoms with Crippen molar-refractivity contribution < 1.29 is 13.9 Å². The molecule has 1 heterocycles. The summed E-state index contributed by atoms with van der Waals surface area (Å²) in [6.45, 7) is 3.89. The summed E-state index contributed by atoms with van der Waals surface area (Å²) in [5, 5.41) is 0. The predicted octanol–water partition coefficient (Wildman–Crippen LogP) is 4.06. The van der Waals surface area contributed by atoms with Gasteiger partial charge in [-0.15, -0.1) is 0 Å². The molecule has 0 amide bonds. The van der Waals surface area contributed by atoms with Gasteiger partial charge in [0, 0.05) is 5.56 Å². The van der Waals surface area contributed by atoms with Crippen molar-refractivity contribution in [3.05, 3.63) is 52.4 Å². The number of hydrogen-bond donors (Lipinski definition) is 0. The summed E-state index contributed by atoms with van der Waals surface area (Å²) in [6, 6.07) is 8.78. The largest absolute Gasteiger partial charge is 0.491 e. The molecule has 0 radical (unpaired) electrons. The van der Waals surface area contributed by atoms with E-state index in [1.165, 1.54) is 6.26 Å². The molecule has 0 saturated heterocycles. The normalized spacial score (nSPS) is 10.7.